The standard InChI is InChI=1S/C23H24FN3O2/c1-16(18-11-10-17-6-3-4-7-19(17)12-18)25-22(28)14-27(2)15-23(29)26-21-9-5-8-20(24)13-21/h3-13,16H,14-15H2,1-2H3,(H,25,28)(H,26,29)/p+1/t16-/m1/s1. The number of quaternary nitrogens is 1. The fourth-order valence-corrected chi connectivity index (χ4v) is 3.24. The fraction of sp³-hybridized carbons (Fsp3) is 0.217. The van der Waals surface area contributed by atoms with Gasteiger partial charge in [0.2, 0.25) is 0 Å². The van der Waals surface area contributed by atoms with Crippen molar-refractivity contribution in [3.05, 3.63) is 78.1 Å². The molecule has 1 unspecified atom stereocenters. The van der Waals surface area contributed by atoms with Crippen molar-refractivity contribution in [2.75, 3.05) is 25.5 Å². The van der Waals surface area contributed by atoms with Crippen molar-refractivity contribution in [3.8, 4) is 0 Å². The minimum atomic E-state index is -0.412. The molecular weight excluding hydrogens is 369 g/mol. The van der Waals surface area contributed by atoms with E-state index in [4.69, 9.17) is 0 Å². The van der Waals surface area contributed by atoms with Gasteiger partial charge in [0.15, 0.2) is 13.1 Å². The molecule has 0 heterocycles. The van der Waals surface area contributed by atoms with E-state index in [1.807, 2.05) is 37.3 Å². The zero-order chi connectivity index (χ0) is 20.8. The molecule has 0 spiro atoms. The van der Waals surface area contributed by atoms with Crippen LogP contribution < -0.4 is 15.5 Å². The Morgan fingerprint density at radius 3 is 2.41 bits per heavy atom. The Labute approximate surface area is 169 Å². The number of halogens is 1. The second kappa shape index (κ2) is 9.30. The third kappa shape index (κ3) is 5.86. The largest absolute Gasteiger partial charge is 0.345 e. The molecule has 0 fully saturated rings. The van der Waals surface area contributed by atoms with E-state index in [1.165, 1.54) is 18.2 Å². The van der Waals surface area contributed by atoms with E-state index in [0.717, 1.165) is 21.2 Å². The van der Waals surface area contributed by atoms with Crippen LogP contribution in [0.15, 0.2) is 66.7 Å². The maximum absolute atomic E-state index is 13.2. The number of hydrogen-bond donors (Lipinski definition) is 3. The molecule has 0 bridgehead atoms. The van der Waals surface area contributed by atoms with Crippen LogP contribution in [0.4, 0.5) is 10.1 Å². The number of rotatable bonds is 7. The lowest BCUT2D eigenvalue weighted by molar-refractivity contribution is -0.862. The van der Waals surface area contributed by atoms with E-state index in [2.05, 4.69) is 22.8 Å². The maximum Gasteiger partial charge on any atom is 0.279 e. The smallest absolute Gasteiger partial charge is 0.279 e. The highest BCUT2D eigenvalue weighted by molar-refractivity contribution is 5.91. The zero-order valence-electron chi connectivity index (χ0n) is 16.5. The van der Waals surface area contributed by atoms with Gasteiger partial charge in [-0.1, -0.05) is 42.5 Å². The third-order valence-corrected chi connectivity index (χ3v) is 4.68. The second-order valence-electron chi connectivity index (χ2n) is 7.26. The first-order valence-corrected chi connectivity index (χ1v) is 9.55. The number of carbonyl (C=O) groups is 2. The number of fused-ring (bicyclic) bond motifs is 1. The Bertz CT molecular complexity index is 1020. The van der Waals surface area contributed by atoms with E-state index in [1.54, 1.807) is 13.1 Å². The second-order valence-corrected chi connectivity index (χ2v) is 7.26. The Balaban J connectivity index is 1.50. The van der Waals surface area contributed by atoms with Crippen molar-refractivity contribution in [2.45, 2.75) is 13.0 Å². The van der Waals surface area contributed by atoms with Crippen molar-refractivity contribution in [1.29, 1.82) is 0 Å². The SMILES string of the molecule is C[C@@H](NC(=O)C[NH+](C)CC(=O)Nc1cccc(F)c1)c1ccc2ccccc2c1. The fourth-order valence-electron chi connectivity index (χ4n) is 3.24. The summed E-state index contributed by atoms with van der Waals surface area (Å²) in [6, 6.07) is 19.8. The molecule has 3 aromatic carbocycles. The summed E-state index contributed by atoms with van der Waals surface area (Å²) in [5, 5.41) is 7.90. The van der Waals surface area contributed by atoms with Crippen molar-refractivity contribution < 1.29 is 18.9 Å². The van der Waals surface area contributed by atoms with Gasteiger partial charge in [0.25, 0.3) is 11.8 Å². The number of benzene rings is 3. The van der Waals surface area contributed by atoms with Crippen LogP contribution >= 0.6 is 0 Å². The van der Waals surface area contributed by atoms with Crippen molar-refractivity contribution in [1.82, 2.24) is 5.32 Å². The molecule has 2 atom stereocenters. The van der Waals surface area contributed by atoms with Gasteiger partial charge in [0.1, 0.15) is 5.82 Å². The molecular formula is C23H25FN3O2+. The zero-order valence-corrected chi connectivity index (χ0v) is 16.5. The van der Waals surface area contributed by atoms with Gasteiger partial charge in [-0.25, -0.2) is 4.39 Å². The van der Waals surface area contributed by atoms with Crippen LogP contribution in [0.1, 0.15) is 18.5 Å². The van der Waals surface area contributed by atoms with E-state index in [9.17, 15) is 14.0 Å². The van der Waals surface area contributed by atoms with E-state index in [0.29, 0.717) is 5.69 Å². The monoisotopic (exact) mass is 394 g/mol. The lowest BCUT2D eigenvalue weighted by Crippen LogP contribution is -3.11. The quantitative estimate of drug-likeness (QED) is 0.576. The highest BCUT2D eigenvalue weighted by Gasteiger charge is 2.17. The number of hydrogen-bond acceptors (Lipinski definition) is 2. The first-order valence-electron chi connectivity index (χ1n) is 9.55. The summed E-state index contributed by atoms with van der Waals surface area (Å²) in [4.78, 5) is 25.2. The van der Waals surface area contributed by atoms with Crippen molar-refractivity contribution in [2.24, 2.45) is 0 Å². The minimum absolute atomic E-state index is 0.105. The summed E-state index contributed by atoms with van der Waals surface area (Å²) >= 11 is 0. The first-order chi connectivity index (χ1) is 13.9. The van der Waals surface area contributed by atoms with Crippen molar-refractivity contribution >= 4 is 28.3 Å². The molecule has 3 rings (SSSR count). The Morgan fingerprint density at radius 2 is 1.66 bits per heavy atom. The highest BCUT2D eigenvalue weighted by Crippen LogP contribution is 2.20. The molecule has 3 aromatic rings. The average Bonchev–Trinajstić information content (AvgIpc) is 2.67. The van der Waals surface area contributed by atoms with Gasteiger partial charge in [-0.2, -0.15) is 0 Å². The van der Waals surface area contributed by atoms with E-state index < -0.39 is 5.82 Å². The van der Waals surface area contributed by atoms with Crippen LogP contribution in [0.5, 0.6) is 0 Å². The van der Waals surface area contributed by atoms with Gasteiger partial charge < -0.3 is 15.5 Å². The molecule has 29 heavy (non-hydrogen) atoms. The minimum Gasteiger partial charge on any atom is -0.345 e. The summed E-state index contributed by atoms with van der Waals surface area (Å²) in [6.45, 7) is 2.21. The van der Waals surface area contributed by atoms with Crippen LogP contribution in [0, 0.1) is 5.82 Å². The molecule has 0 saturated carbocycles. The predicted octanol–water partition coefficient (Wildman–Crippen LogP) is 2.31. The number of likely N-dealkylation sites (N-methyl/N-ethyl adjacent to an activating group) is 1. The van der Waals surface area contributed by atoms with Crippen LogP contribution in [0.3, 0.4) is 0 Å². The Morgan fingerprint density at radius 1 is 0.931 bits per heavy atom. The van der Waals surface area contributed by atoms with Crippen LogP contribution in [-0.4, -0.2) is 32.0 Å². The van der Waals surface area contributed by atoms with Gasteiger partial charge in [-0.3, -0.25) is 9.59 Å². The van der Waals surface area contributed by atoms with Gasteiger partial charge in [-0.05, 0) is 47.5 Å². The molecule has 3 N–H and O–H groups in total. The van der Waals surface area contributed by atoms with Gasteiger partial charge in [0, 0.05) is 5.69 Å². The molecule has 0 aliphatic heterocycles. The lowest BCUT2D eigenvalue weighted by Gasteiger charge is -2.17. The highest BCUT2D eigenvalue weighted by atomic mass is 19.1. The summed E-state index contributed by atoms with van der Waals surface area (Å²) < 4.78 is 13.2. The molecule has 150 valence electrons. The maximum atomic E-state index is 13.2. The Hall–Kier alpha value is -3.25. The van der Waals surface area contributed by atoms with E-state index in [-0.39, 0.29) is 30.9 Å². The number of amides is 2. The summed E-state index contributed by atoms with van der Waals surface area (Å²) in [7, 11) is 1.77. The molecule has 6 heteroatoms. The molecule has 0 saturated heterocycles. The van der Waals surface area contributed by atoms with Crippen LogP contribution in [0.2, 0.25) is 0 Å². The molecule has 0 aliphatic carbocycles. The van der Waals surface area contributed by atoms with Gasteiger partial charge in [0.05, 0.1) is 13.1 Å². The molecule has 0 aromatic heterocycles. The molecule has 0 radical (unpaired) electrons. The number of carbonyl (C=O) groups excluding carboxylic acids is 2. The number of nitrogens with one attached hydrogen (secondary N) is 3. The Kier molecular flexibility index (Phi) is 6.57. The molecule has 5 nitrogen and oxygen atoms in total. The summed E-state index contributed by atoms with van der Waals surface area (Å²) in [5.74, 6) is -0.823. The normalized spacial score (nSPS) is 12.9. The number of anilines is 1. The third-order valence-electron chi connectivity index (χ3n) is 4.68. The van der Waals surface area contributed by atoms with Crippen LogP contribution in [-0.2, 0) is 9.59 Å². The summed E-state index contributed by atoms with van der Waals surface area (Å²) in [5.41, 5.74) is 1.43. The van der Waals surface area contributed by atoms with Gasteiger partial charge >= 0.3 is 0 Å². The summed E-state index contributed by atoms with van der Waals surface area (Å²) in [6.07, 6.45) is 0. The first kappa shape index (κ1) is 20.5. The van der Waals surface area contributed by atoms with Gasteiger partial charge in [-0.15, -0.1) is 0 Å². The molecule has 0 aliphatic rings. The lowest BCUT2D eigenvalue weighted by atomic mass is 10.0. The molecule has 2 amide bonds. The van der Waals surface area contributed by atoms with E-state index >= 15 is 0 Å². The predicted molar refractivity (Wildman–Crippen MR) is 112 cm³/mol. The van der Waals surface area contributed by atoms with Crippen molar-refractivity contribution in [3.63, 3.8) is 0 Å². The van der Waals surface area contributed by atoms with Crippen LogP contribution in [0.25, 0.3) is 10.8 Å². The topological polar surface area (TPSA) is 62.6 Å². The average molecular weight is 394 g/mol.